The summed E-state index contributed by atoms with van der Waals surface area (Å²) >= 11 is 0. The first kappa shape index (κ1) is 25.5. The second-order valence-corrected chi connectivity index (χ2v) is 8.29. The molecule has 3 aromatic rings. The molecule has 0 radical (unpaired) electrons. The number of ether oxygens (including phenoxy) is 1. The number of pyridine rings is 1. The van der Waals surface area contributed by atoms with E-state index in [0.717, 1.165) is 6.20 Å². The number of carbonyl (C=O) groups is 2. The van der Waals surface area contributed by atoms with E-state index < -0.39 is 52.4 Å². The first-order valence-corrected chi connectivity index (χ1v) is 11.3. The fourth-order valence-corrected chi connectivity index (χ4v) is 3.76. The number of fused-ring (bicyclic) bond motifs is 1. The summed E-state index contributed by atoms with van der Waals surface area (Å²) in [5.74, 6) is -5.33. The van der Waals surface area contributed by atoms with Gasteiger partial charge in [-0.2, -0.15) is 0 Å². The van der Waals surface area contributed by atoms with Crippen LogP contribution in [0.3, 0.4) is 0 Å². The van der Waals surface area contributed by atoms with Gasteiger partial charge in [0.1, 0.15) is 36.3 Å². The predicted molar refractivity (Wildman–Crippen MR) is 129 cm³/mol. The molecule has 0 aliphatic carbocycles. The second-order valence-electron chi connectivity index (χ2n) is 8.29. The molecular weight excluding hydrogens is 489 g/mol. The summed E-state index contributed by atoms with van der Waals surface area (Å²) in [6, 6.07) is 9.49. The van der Waals surface area contributed by atoms with Gasteiger partial charge in [-0.05, 0) is 12.5 Å². The third-order valence-electron chi connectivity index (χ3n) is 5.87. The summed E-state index contributed by atoms with van der Waals surface area (Å²) in [4.78, 5) is 41.0. The Morgan fingerprint density at radius 3 is 2.51 bits per heavy atom. The molecular formula is C26H23F3N4O4. The molecule has 1 aliphatic rings. The molecule has 4 rings (SSSR count). The van der Waals surface area contributed by atoms with Crippen molar-refractivity contribution in [1.29, 1.82) is 0 Å². The number of aromatic nitrogens is 1. The molecule has 2 N–H and O–H groups in total. The van der Waals surface area contributed by atoms with Gasteiger partial charge in [-0.25, -0.2) is 13.2 Å². The maximum absolute atomic E-state index is 14.0. The number of halogens is 3. The summed E-state index contributed by atoms with van der Waals surface area (Å²) in [5, 5.41) is 2.27. The monoisotopic (exact) mass is 512 g/mol. The predicted octanol–water partition coefficient (Wildman–Crippen LogP) is 3.31. The normalized spacial score (nSPS) is 13.4. The highest BCUT2D eigenvalue weighted by Crippen LogP contribution is 2.23. The van der Waals surface area contributed by atoms with Crippen molar-refractivity contribution in [3.8, 4) is 5.75 Å². The molecule has 2 aromatic carbocycles. The van der Waals surface area contributed by atoms with Crippen molar-refractivity contribution < 1.29 is 27.5 Å². The molecule has 1 aromatic heterocycles. The zero-order valence-corrected chi connectivity index (χ0v) is 19.8. The molecule has 0 fully saturated rings. The molecule has 1 aliphatic heterocycles. The van der Waals surface area contributed by atoms with Crippen molar-refractivity contribution in [2.24, 2.45) is 0 Å². The molecule has 8 nitrogen and oxygen atoms in total. The van der Waals surface area contributed by atoms with Crippen molar-refractivity contribution in [3.05, 3.63) is 111 Å². The van der Waals surface area contributed by atoms with Crippen LogP contribution in [0.2, 0.25) is 0 Å². The second kappa shape index (κ2) is 10.6. The van der Waals surface area contributed by atoms with Gasteiger partial charge in [0.15, 0.2) is 11.4 Å². The van der Waals surface area contributed by atoms with Crippen LogP contribution in [-0.4, -0.2) is 34.1 Å². The number of benzene rings is 2. The lowest BCUT2D eigenvalue weighted by Gasteiger charge is -2.34. The van der Waals surface area contributed by atoms with Crippen molar-refractivity contribution in [3.63, 3.8) is 0 Å². The summed E-state index contributed by atoms with van der Waals surface area (Å²) in [6.07, 6.45) is 2.68. The van der Waals surface area contributed by atoms with E-state index in [2.05, 4.69) is 17.3 Å². The maximum Gasteiger partial charge on any atom is 0.278 e. The van der Waals surface area contributed by atoms with Crippen LogP contribution in [0.25, 0.3) is 0 Å². The van der Waals surface area contributed by atoms with Gasteiger partial charge in [0.25, 0.3) is 11.8 Å². The first-order chi connectivity index (χ1) is 17.7. The number of rotatable bonds is 8. The van der Waals surface area contributed by atoms with Crippen LogP contribution in [0, 0.1) is 17.5 Å². The van der Waals surface area contributed by atoms with Gasteiger partial charge in [-0.1, -0.05) is 36.4 Å². The van der Waals surface area contributed by atoms with E-state index in [-0.39, 0.29) is 30.8 Å². The summed E-state index contributed by atoms with van der Waals surface area (Å²) in [5.41, 5.74) is 1.64. The summed E-state index contributed by atoms with van der Waals surface area (Å²) in [6.45, 7) is 4.78. The zero-order chi connectivity index (χ0) is 26.7. The van der Waals surface area contributed by atoms with Crippen LogP contribution in [0.15, 0.2) is 66.1 Å². The first-order valence-electron chi connectivity index (χ1n) is 11.3. The quantitative estimate of drug-likeness (QED) is 0.452. The average Bonchev–Trinajstić information content (AvgIpc) is 2.87. The van der Waals surface area contributed by atoms with Crippen LogP contribution >= 0.6 is 0 Å². The van der Waals surface area contributed by atoms with Crippen LogP contribution in [-0.2, 0) is 13.2 Å². The number of nitrogens with one attached hydrogen (secondary N) is 2. The lowest BCUT2D eigenvalue weighted by atomic mass is 10.1. The Bertz CT molecular complexity index is 1400. The molecule has 2 amide bonds. The van der Waals surface area contributed by atoms with Crippen molar-refractivity contribution in [2.45, 2.75) is 26.1 Å². The molecule has 2 heterocycles. The van der Waals surface area contributed by atoms with E-state index in [1.54, 1.807) is 43.3 Å². The molecule has 0 saturated heterocycles. The van der Waals surface area contributed by atoms with Crippen LogP contribution < -0.4 is 20.9 Å². The molecule has 1 atom stereocenters. The highest BCUT2D eigenvalue weighted by atomic mass is 19.1. The van der Waals surface area contributed by atoms with E-state index in [4.69, 9.17) is 4.74 Å². The zero-order valence-electron chi connectivity index (χ0n) is 19.8. The molecule has 0 saturated carbocycles. The maximum atomic E-state index is 14.0. The minimum Gasteiger partial charge on any atom is -0.482 e. The molecule has 1 unspecified atom stereocenters. The largest absolute Gasteiger partial charge is 0.482 e. The van der Waals surface area contributed by atoms with E-state index in [9.17, 15) is 27.6 Å². The smallest absolute Gasteiger partial charge is 0.278 e. The Labute approximate surface area is 209 Å². The average molecular weight is 512 g/mol. The van der Waals surface area contributed by atoms with E-state index in [1.807, 2.05) is 0 Å². The number of nitrogens with zero attached hydrogens (tertiary/aromatic N) is 2. The van der Waals surface area contributed by atoms with Gasteiger partial charge in [-0.15, -0.1) is 6.58 Å². The Morgan fingerprint density at radius 2 is 1.86 bits per heavy atom. The van der Waals surface area contributed by atoms with E-state index >= 15 is 0 Å². The number of hydrogen-bond acceptors (Lipinski definition) is 5. The SMILES string of the molecule is C=CC(C)N1CNn2cc(C(=O)NCc3c(F)cc(F)cc3F)c(=O)c(OCc3ccccc3)c2C1=O. The van der Waals surface area contributed by atoms with Gasteiger partial charge < -0.3 is 20.4 Å². The van der Waals surface area contributed by atoms with Gasteiger partial charge in [-0.3, -0.25) is 19.1 Å². The highest BCUT2D eigenvalue weighted by molar-refractivity contribution is 5.99. The fourth-order valence-electron chi connectivity index (χ4n) is 3.76. The van der Waals surface area contributed by atoms with Gasteiger partial charge in [0.05, 0.1) is 0 Å². The van der Waals surface area contributed by atoms with Crippen LogP contribution in [0.4, 0.5) is 13.2 Å². The Kier molecular flexibility index (Phi) is 7.32. The van der Waals surface area contributed by atoms with Crippen molar-refractivity contribution in [1.82, 2.24) is 14.9 Å². The summed E-state index contributed by atoms with van der Waals surface area (Å²) < 4.78 is 48.2. The highest BCUT2D eigenvalue weighted by Gasteiger charge is 2.33. The van der Waals surface area contributed by atoms with Crippen molar-refractivity contribution in [2.75, 3.05) is 12.1 Å². The van der Waals surface area contributed by atoms with Gasteiger partial charge in [0.2, 0.25) is 5.43 Å². The van der Waals surface area contributed by atoms with Crippen molar-refractivity contribution >= 4 is 11.8 Å². The minimum absolute atomic E-state index is 0.0487. The number of amides is 2. The lowest BCUT2D eigenvalue weighted by Crippen LogP contribution is -2.50. The molecule has 11 heteroatoms. The number of carbonyl (C=O) groups excluding carboxylic acids is 2. The van der Waals surface area contributed by atoms with E-state index in [1.165, 1.54) is 9.58 Å². The molecule has 0 spiro atoms. The fraction of sp³-hybridized carbons (Fsp3) is 0.192. The number of hydrogen-bond donors (Lipinski definition) is 2. The van der Waals surface area contributed by atoms with Crippen LogP contribution in [0.1, 0.15) is 38.9 Å². The lowest BCUT2D eigenvalue weighted by molar-refractivity contribution is 0.0685. The Hall–Kier alpha value is -4.54. The molecule has 37 heavy (non-hydrogen) atoms. The Morgan fingerprint density at radius 1 is 1.19 bits per heavy atom. The third-order valence-corrected chi connectivity index (χ3v) is 5.87. The van der Waals surface area contributed by atoms with Gasteiger partial charge >= 0.3 is 0 Å². The minimum atomic E-state index is -1.18. The summed E-state index contributed by atoms with van der Waals surface area (Å²) in [7, 11) is 0. The standard InChI is InChI=1S/C26H23F3N4O4/c1-3-15(2)32-14-31-33-12-19(25(35)30-11-18-20(28)9-17(27)10-21(18)29)23(34)24(22(33)26(32)36)37-13-16-7-5-4-6-8-16/h3-10,12,15,31H,1,11,13-14H2,2H3,(H,30,35). The Balaban J connectivity index is 1.70. The molecule has 192 valence electrons. The molecule has 0 bridgehead atoms. The third kappa shape index (κ3) is 5.20. The topological polar surface area (TPSA) is 92.7 Å². The van der Waals surface area contributed by atoms with E-state index in [0.29, 0.717) is 17.7 Å². The van der Waals surface area contributed by atoms with Crippen LogP contribution in [0.5, 0.6) is 5.75 Å². The van der Waals surface area contributed by atoms with Gasteiger partial charge in [0, 0.05) is 36.5 Å².